The molecule has 0 radical (unpaired) electrons. The first kappa shape index (κ1) is 10.0. The molecule has 0 aliphatic heterocycles. The maximum absolute atomic E-state index is 10.0. The Bertz CT molecular complexity index is 391. The van der Waals surface area contributed by atoms with Crippen molar-refractivity contribution < 1.29 is 4.79 Å². The molecule has 0 spiro atoms. The van der Waals surface area contributed by atoms with Crippen LogP contribution in [0.3, 0.4) is 0 Å². The highest BCUT2D eigenvalue weighted by atomic mass is 16.1. The van der Waals surface area contributed by atoms with Crippen molar-refractivity contribution >= 4 is 11.9 Å². The van der Waals surface area contributed by atoms with Crippen LogP contribution in [-0.4, -0.2) is 6.29 Å². The summed E-state index contributed by atoms with van der Waals surface area (Å²) in [5.41, 5.74) is 1.74. The van der Waals surface area contributed by atoms with Crippen molar-refractivity contribution in [2.24, 2.45) is 0 Å². The smallest absolute Gasteiger partial charge is 0.142 e. The van der Waals surface area contributed by atoms with E-state index < -0.39 is 0 Å². The van der Waals surface area contributed by atoms with Gasteiger partial charge >= 0.3 is 0 Å². The number of carbonyl (C=O) groups is 1. The van der Waals surface area contributed by atoms with Crippen LogP contribution in [0, 0.1) is 12.3 Å². The molecule has 68 valence electrons. The summed E-state index contributed by atoms with van der Waals surface area (Å²) in [6.07, 6.45) is 10.8. The van der Waals surface area contributed by atoms with Gasteiger partial charge in [0.05, 0.1) is 0 Å². The molecule has 0 aliphatic carbocycles. The molecule has 0 saturated heterocycles. The summed E-state index contributed by atoms with van der Waals surface area (Å²) in [5.74, 6) is 2.57. The lowest BCUT2D eigenvalue weighted by molar-refractivity contribution is -0.104. The average Bonchev–Trinajstić information content (AvgIpc) is 2.26. The van der Waals surface area contributed by atoms with Gasteiger partial charge in [-0.25, -0.2) is 0 Å². The molecule has 1 aromatic rings. The van der Waals surface area contributed by atoms with Crippen molar-refractivity contribution in [3.05, 3.63) is 54.1 Å². The van der Waals surface area contributed by atoms with E-state index in [1.54, 1.807) is 12.2 Å². The molecular formula is C13H10O. The third-order valence-corrected chi connectivity index (χ3v) is 1.69. The van der Waals surface area contributed by atoms with Crippen LogP contribution in [0.25, 0.3) is 5.57 Å². The van der Waals surface area contributed by atoms with Crippen molar-refractivity contribution in [1.82, 2.24) is 0 Å². The number of rotatable bonds is 3. The first-order valence-electron chi connectivity index (χ1n) is 4.22. The van der Waals surface area contributed by atoms with Crippen LogP contribution >= 0.6 is 0 Å². The zero-order chi connectivity index (χ0) is 10.2. The fraction of sp³-hybridized carbons (Fsp3) is 0. The summed E-state index contributed by atoms with van der Waals surface area (Å²) >= 11 is 0. The minimum Gasteiger partial charge on any atom is -0.299 e. The van der Waals surface area contributed by atoms with E-state index in [0.717, 1.165) is 17.4 Å². The zero-order valence-electron chi connectivity index (χ0n) is 7.68. The van der Waals surface area contributed by atoms with Crippen molar-refractivity contribution in [1.29, 1.82) is 0 Å². The summed E-state index contributed by atoms with van der Waals surface area (Å²) in [7, 11) is 0. The molecule has 0 fully saturated rings. The summed E-state index contributed by atoms with van der Waals surface area (Å²) in [6, 6.07) is 9.63. The lowest BCUT2D eigenvalue weighted by Gasteiger charge is -1.97. The Morgan fingerprint density at radius 2 is 1.93 bits per heavy atom. The Hall–Kier alpha value is -2.07. The van der Waals surface area contributed by atoms with Gasteiger partial charge in [-0.15, -0.1) is 6.42 Å². The zero-order valence-corrected chi connectivity index (χ0v) is 7.68. The van der Waals surface area contributed by atoms with Crippen molar-refractivity contribution in [3.8, 4) is 12.3 Å². The predicted octanol–water partition coefficient (Wildman–Crippen LogP) is 2.46. The van der Waals surface area contributed by atoms with Crippen LogP contribution in [0.4, 0.5) is 0 Å². The first-order valence-corrected chi connectivity index (χ1v) is 4.22. The Morgan fingerprint density at radius 1 is 1.21 bits per heavy atom. The molecule has 1 aromatic carbocycles. The van der Waals surface area contributed by atoms with Crippen LogP contribution < -0.4 is 0 Å². The van der Waals surface area contributed by atoms with Crippen molar-refractivity contribution in [3.63, 3.8) is 0 Å². The van der Waals surface area contributed by atoms with E-state index in [4.69, 9.17) is 6.42 Å². The maximum atomic E-state index is 10.0. The van der Waals surface area contributed by atoms with Gasteiger partial charge in [-0.1, -0.05) is 42.3 Å². The summed E-state index contributed by atoms with van der Waals surface area (Å²) in [4.78, 5) is 10.0. The predicted molar refractivity (Wildman–Crippen MR) is 58.5 cm³/mol. The van der Waals surface area contributed by atoms with E-state index >= 15 is 0 Å². The van der Waals surface area contributed by atoms with E-state index in [-0.39, 0.29) is 0 Å². The molecule has 0 heterocycles. The number of aldehydes is 1. The van der Waals surface area contributed by atoms with Gasteiger partial charge in [0, 0.05) is 5.57 Å². The molecular weight excluding hydrogens is 172 g/mol. The van der Waals surface area contributed by atoms with Crippen LogP contribution in [-0.2, 0) is 4.79 Å². The minimum absolute atomic E-state index is 0.718. The molecule has 1 heteroatoms. The van der Waals surface area contributed by atoms with Gasteiger partial charge < -0.3 is 0 Å². The second kappa shape index (κ2) is 5.55. The third-order valence-electron chi connectivity index (χ3n) is 1.69. The topological polar surface area (TPSA) is 17.1 Å². The molecule has 0 unspecified atom stereocenters. The number of hydrogen-bond acceptors (Lipinski definition) is 1. The van der Waals surface area contributed by atoms with Crippen molar-refractivity contribution in [2.45, 2.75) is 0 Å². The van der Waals surface area contributed by atoms with Gasteiger partial charge in [-0.2, -0.15) is 0 Å². The van der Waals surface area contributed by atoms with Gasteiger partial charge in [0.2, 0.25) is 0 Å². The molecule has 0 aromatic heterocycles. The SMILES string of the molecule is C#CC(=CC=CC=O)c1ccccc1. The summed E-state index contributed by atoms with van der Waals surface area (Å²) in [6.45, 7) is 0. The highest BCUT2D eigenvalue weighted by Crippen LogP contribution is 2.12. The molecule has 0 saturated carbocycles. The highest BCUT2D eigenvalue weighted by Gasteiger charge is 1.93. The monoisotopic (exact) mass is 182 g/mol. The average molecular weight is 182 g/mol. The maximum Gasteiger partial charge on any atom is 0.142 e. The standard InChI is InChI=1S/C13H10O/c1-2-12(8-6-7-11-14)13-9-4-3-5-10-13/h1,3-11H. The third kappa shape index (κ3) is 2.76. The fourth-order valence-electron chi connectivity index (χ4n) is 1.04. The number of terminal acetylenes is 1. The van der Waals surface area contributed by atoms with E-state index in [1.165, 1.54) is 6.08 Å². The number of hydrogen-bond donors (Lipinski definition) is 0. The van der Waals surface area contributed by atoms with E-state index in [0.29, 0.717) is 0 Å². The largest absolute Gasteiger partial charge is 0.299 e. The Balaban J connectivity index is 2.95. The van der Waals surface area contributed by atoms with Crippen LogP contribution in [0.5, 0.6) is 0 Å². The fourth-order valence-corrected chi connectivity index (χ4v) is 1.04. The van der Waals surface area contributed by atoms with E-state index in [1.807, 2.05) is 30.3 Å². The number of carbonyl (C=O) groups excluding carboxylic acids is 1. The molecule has 0 bridgehead atoms. The van der Waals surface area contributed by atoms with Crippen LogP contribution in [0.1, 0.15) is 5.56 Å². The quantitative estimate of drug-likeness (QED) is 0.304. The molecule has 14 heavy (non-hydrogen) atoms. The van der Waals surface area contributed by atoms with Gasteiger partial charge in [0.25, 0.3) is 0 Å². The Labute approximate surface area is 83.8 Å². The first-order chi connectivity index (χ1) is 6.88. The van der Waals surface area contributed by atoms with Gasteiger partial charge in [0.15, 0.2) is 0 Å². The lowest BCUT2D eigenvalue weighted by atomic mass is 10.1. The second-order valence-corrected chi connectivity index (χ2v) is 2.61. The molecule has 1 nitrogen and oxygen atoms in total. The van der Waals surface area contributed by atoms with Gasteiger partial charge in [-0.05, 0) is 17.7 Å². The normalized spacial score (nSPS) is 11.2. The summed E-state index contributed by atoms with van der Waals surface area (Å²) < 4.78 is 0. The number of allylic oxidation sites excluding steroid dienone is 4. The minimum atomic E-state index is 0.718. The highest BCUT2D eigenvalue weighted by molar-refractivity contribution is 5.80. The lowest BCUT2D eigenvalue weighted by Crippen LogP contribution is -1.78. The van der Waals surface area contributed by atoms with Gasteiger partial charge in [-0.3, -0.25) is 4.79 Å². The Kier molecular flexibility index (Phi) is 3.97. The molecule has 0 amide bonds. The molecule has 1 rings (SSSR count). The second-order valence-electron chi connectivity index (χ2n) is 2.61. The molecule has 0 N–H and O–H groups in total. The molecule has 0 atom stereocenters. The van der Waals surface area contributed by atoms with E-state index in [2.05, 4.69) is 5.92 Å². The molecule has 0 aliphatic rings. The van der Waals surface area contributed by atoms with Crippen LogP contribution in [0.15, 0.2) is 48.6 Å². The van der Waals surface area contributed by atoms with Gasteiger partial charge in [0.1, 0.15) is 6.29 Å². The Morgan fingerprint density at radius 3 is 2.50 bits per heavy atom. The summed E-state index contributed by atoms with van der Waals surface area (Å²) in [5, 5.41) is 0. The van der Waals surface area contributed by atoms with Crippen LogP contribution in [0.2, 0.25) is 0 Å². The number of benzene rings is 1. The van der Waals surface area contributed by atoms with Crippen molar-refractivity contribution in [2.75, 3.05) is 0 Å². The van der Waals surface area contributed by atoms with E-state index in [9.17, 15) is 4.79 Å².